The van der Waals surface area contributed by atoms with Crippen LogP contribution in [0, 0.1) is 11.6 Å². The summed E-state index contributed by atoms with van der Waals surface area (Å²) in [6, 6.07) is 8.48. The second-order valence-electron chi connectivity index (χ2n) is 5.30. The Bertz CT molecular complexity index is 836. The van der Waals surface area contributed by atoms with Gasteiger partial charge in [0.15, 0.2) is 6.10 Å². The Balaban J connectivity index is 2.11. The van der Waals surface area contributed by atoms with Gasteiger partial charge >= 0.3 is 5.97 Å². The van der Waals surface area contributed by atoms with Crippen LogP contribution in [-0.2, 0) is 9.53 Å². The molecule has 2 rings (SSSR count). The van der Waals surface area contributed by atoms with Crippen LogP contribution in [0.4, 0.5) is 14.5 Å². The third kappa shape index (κ3) is 4.69. The molecule has 0 unspecified atom stereocenters. The molecule has 130 valence electrons. The van der Waals surface area contributed by atoms with Crippen molar-refractivity contribution in [2.75, 3.05) is 5.32 Å². The molecule has 7 heteroatoms. The zero-order chi connectivity index (χ0) is 18.6. The summed E-state index contributed by atoms with van der Waals surface area (Å²) in [5.74, 6) is -3.74. The molecule has 5 nitrogen and oxygen atoms in total. The molecular weight excluding hydrogens is 332 g/mol. The molecule has 0 saturated heterocycles. The van der Waals surface area contributed by atoms with E-state index >= 15 is 0 Å². The molecule has 1 atom stereocenters. The minimum Gasteiger partial charge on any atom is -0.451 e. The maximum atomic E-state index is 13.7. The number of rotatable bonds is 5. The van der Waals surface area contributed by atoms with Crippen molar-refractivity contribution in [2.45, 2.75) is 20.0 Å². The number of amides is 1. The summed E-state index contributed by atoms with van der Waals surface area (Å²) in [5.41, 5.74) is 0.143. The Hall–Kier alpha value is -3.09. The Morgan fingerprint density at radius 1 is 1.08 bits per heavy atom. The van der Waals surface area contributed by atoms with E-state index in [1.165, 1.54) is 32.0 Å². The van der Waals surface area contributed by atoms with Crippen molar-refractivity contribution in [1.82, 2.24) is 0 Å². The first kappa shape index (κ1) is 18.3. The number of carbonyl (C=O) groups excluding carboxylic acids is 3. The third-order valence-electron chi connectivity index (χ3n) is 3.27. The molecule has 0 radical (unpaired) electrons. The predicted molar refractivity (Wildman–Crippen MR) is 86.3 cm³/mol. The summed E-state index contributed by atoms with van der Waals surface area (Å²) >= 11 is 0. The molecule has 1 amide bonds. The molecule has 0 spiro atoms. The van der Waals surface area contributed by atoms with Crippen molar-refractivity contribution in [1.29, 1.82) is 0 Å². The van der Waals surface area contributed by atoms with Crippen LogP contribution in [0.15, 0.2) is 42.5 Å². The highest BCUT2D eigenvalue weighted by Crippen LogP contribution is 2.16. The Labute approximate surface area is 142 Å². The number of benzene rings is 2. The molecule has 0 aromatic heterocycles. The van der Waals surface area contributed by atoms with Crippen molar-refractivity contribution >= 4 is 23.3 Å². The smallest absolute Gasteiger partial charge is 0.338 e. The largest absolute Gasteiger partial charge is 0.451 e. The van der Waals surface area contributed by atoms with Crippen molar-refractivity contribution in [3.63, 3.8) is 0 Å². The highest BCUT2D eigenvalue weighted by molar-refractivity contribution is 6.02. The van der Waals surface area contributed by atoms with Gasteiger partial charge in [0.1, 0.15) is 11.6 Å². The van der Waals surface area contributed by atoms with Crippen LogP contribution < -0.4 is 5.32 Å². The standard InChI is InChI=1S/C18H15F2NO4/c1-10(17(23)15-7-6-13(19)9-16(15)20)25-18(24)12-4-3-5-14(8-12)21-11(2)22/h3-10H,1-2H3,(H,21,22)/t10-/m0/s1. The number of ketones is 1. The number of ether oxygens (including phenoxy) is 1. The second kappa shape index (κ2) is 7.65. The van der Waals surface area contributed by atoms with Crippen molar-refractivity contribution in [3.8, 4) is 0 Å². The third-order valence-corrected chi connectivity index (χ3v) is 3.27. The van der Waals surface area contributed by atoms with E-state index in [2.05, 4.69) is 5.32 Å². The average Bonchev–Trinajstić information content (AvgIpc) is 2.53. The van der Waals surface area contributed by atoms with Gasteiger partial charge in [0.25, 0.3) is 0 Å². The Morgan fingerprint density at radius 2 is 1.80 bits per heavy atom. The van der Waals surface area contributed by atoms with Gasteiger partial charge in [-0.15, -0.1) is 0 Å². The van der Waals surface area contributed by atoms with Crippen molar-refractivity contribution in [3.05, 3.63) is 65.2 Å². The van der Waals surface area contributed by atoms with Gasteiger partial charge in [-0.25, -0.2) is 13.6 Å². The van der Waals surface area contributed by atoms with Gasteiger partial charge in [0.2, 0.25) is 11.7 Å². The average molecular weight is 347 g/mol. The SMILES string of the molecule is CC(=O)Nc1cccc(C(=O)O[C@@H](C)C(=O)c2ccc(F)cc2F)c1. The first-order valence-corrected chi connectivity index (χ1v) is 7.36. The van der Waals surface area contributed by atoms with Gasteiger partial charge in [-0.3, -0.25) is 9.59 Å². The highest BCUT2D eigenvalue weighted by atomic mass is 19.1. The molecule has 0 heterocycles. The van der Waals surface area contributed by atoms with E-state index in [0.29, 0.717) is 11.8 Å². The molecule has 0 aliphatic carbocycles. The number of anilines is 1. The first-order valence-electron chi connectivity index (χ1n) is 7.36. The maximum absolute atomic E-state index is 13.7. The summed E-state index contributed by atoms with van der Waals surface area (Å²) in [7, 11) is 0. The van der Waals surface area contributed by atoms with Crippen LogP contribution in [0.3, 0.4) is 0 Å². The predicted octanol–water partition coefficient (Wildman–Crippen LogP) is 3.35. The molecule has 2 aromatic rings. The molecule has 0 fully saturated rings. The van der Waals surface area contributed by atoms with Gasteiger partial charge in [-0.2, -0.15) is 0 Å². The quantitative estimate of drug-likeness (QED) is 0.665. The lowest BCUT2D eigenvalue weighted by molar-refractivity contribution is -0.114. The van der Waals surface area contributed by atoms with E-state index in [9.17, 15) is 23.2 Å². The number of hydrogen-bond acceptors (Lipinski definition) is 4. The fourth-order valence-electron chi connectivity index (χ4n) is 2.12. The lowest BCUT2D eigenvalue weighted by Crippen LogP contribution is -2.25. The molecule has 0 saturated carbocycles. The second-order valence-corrected chi connectivity index (χ2v) is 5.30. The number of hydrogen-bond donors (Lipinski definition) is 1. The van der Waals surface area contributed by atoms with Crippen molar-refractivity contribution < 1.29 is 27.9 Å². The van der Waals surface area contributed by atoms with E-state index in [1.54, 1.807) is 6.07 Å². The van der Waals surface area contributed by atoms with E-state index < -0.39 is 29.5 Å². The van der Waals surface area contributed by atoms with Crippen LogP contribution in [-0.4, -0.2) is 23.8 Å². The molecule has 2 aromatic carbocycles. The molecule has 1 N–H and O–H groups in total. The van der Waals surface area contributed by atoms with E-state index in [0.717, 1.165) is 12.1 Å². The van der Waals surface area contributed by atoms with Crippen LogP contribution in [0.2, 0.25) is 0 Å². The van der Waals surface area contributed by atoms with Gasteiger partial charge in [-0.1, -0.05) is 6.07 Å². The summed E-state index contributed by atoms with van der Waals surface area (Å²) in [5, 5.41) is 2.52. The summed E-state index contributed by atoms with van der Waals surface area (Å²) < 4.78 is 31.6. The minimum absolute atomic E-state index is 0.116. The van der Waals surface area contributed by atoms with Gasteiger partial charge in [0, 0.05) is 18.7 Å². The maximum Gasteiger partial charge on any atom is 0.338 e. The zero-order valence-corrected chi connectivity index (χ0v) is 13.5. The zero-order valence-electron chi connectivity index (χ0n) is 13.5. The first-order chi connectivity index (χ1) is 11.8. The summed E-state index contributed by atoms with van der Waals surface area (Å²) in [6.07, 6.45) is -1.27. The Kier molecular flexibility index (Phi) is 5.59. The summed E-state index contributed by atoms with van der Waals surface area (Å²) in [6.45, 7) is 2.61. The van der Waals surface area contributed by atoms with Crippen LogP contribution >= 0.6 is 0 Å². The van der Waals surface area contributed by atoms with E-state index in [1.807, 2.05) is 0 Å². The van der Waals surface area contributed by atoms with Crippen LogP contribution in [0.1, 0.15) is 34.6 Å². The highest BCUT2D eigenvalue weighted by Gasteiger charge is 2.23. The number of nitrogens with one attached hydrogen (secondary N) is 1. The topological polar surface area (TPSA) is 72.5 Å². The van der Waals surface area contributed by atoms with Crippen molar-refractivity contribution in [2.24, 2.45) is 0 Å². The minimum atomic E-state index is -1.27. The van der Waals surface area contributed by atoms with E-state index in [-0.39, 0.29) is 17.0 Å². The number of halogens is 2. The van der Waals surface area contributed by atoms with Gasteiger partial charge in [0.05, 0.1) is 11.1 Å². The fourth-order valence-corrected chi connectivity index (χ4v) is 2.12. The number of carbonyl (C=O) groups is 3. The molecule has 0 aliphatic rings. The normalized spacial score (nSPS) is 11.5. The molecule has 25 heavy (non-hydrogen) atoms. The molecule has 0 aliphatic heterocycles. The van der Waals surface area contributed by atoms with Crippen LogP contribution in [0.5, 0.6) is 0 Å². The number of esters is 1. The Morgan fingerprint density at radius 3 is 2.44 bits per heavy atom. The fraction of sp³-hybridized carbons (Fsp3) is 0.167. The van der Waals surface area contributed by atoms with Gasteiger partial charge in [-0.05, 0) is 37.3 Å². The lowest BCUT2D eigenvalue weighted by Gasteiger charge is -2.13. The molecule has 0 bridgehead atoms. The van der Waals surface area contributed by atoms with Crippen LogP contribution in [0.25, 0.3) is 0 Å². The summed E-state index contributed by atoms with van der Waals surface area (Å²) in [4.78, 5) is 35.3. The molecular formula is C18H15F2NO4. The van der Waals surface area contributed by atoms with E-state index in [4.69, 9.17) is 4.74 Å². The van der Waals surface area contributed by atoms with Gasteiger partial charge < -0.3 is 10.1 Å². The number of Topliss-reactive ketones (excluding diaryl/α,β-unsaturated/α-hetero) is 1. The lowest BCUT2D eigenvalue weighted by atomic mass is 10.1. The monoisotopic (exact) mass is 347 g/mol.